The maximum absolute atomic E-state index is 9.25. The molecule has 92 valence electrons. The second kappa shape index (κ2) is 6.07. The Hall–Kier alpha value is -1.01. The Morgan fingerprint density at radius 2 is 1.76 bits per heavy atom. The molecule has 7 heteroatoms. The summed E-state index contributed by atoms with van der Waals surface area (Å²) in [5.41, 5.74) is 0.975. The number of rotatable bonds is 5. The monoisotopic (exact) mass is 238 g/mol. The van der Waals surface area contributed by atoms with Gasteiger partial charge in [0.15, 0.2) is 0 Å². The van der Waals surface area contributed by atoms with Crippen LogP contribution in [0, 0.1) is 6.92 Å². The summed E-state index contributed by atoms with van der Waals surface area (Å²) >= 11 is 0. The summed E-state index contributed by atoms with van der Waals surface area (Å²) in [5.74, 6) is 0.381. The lowest BCUT2D eigenvalue weighted by molar-refractivity contribution is 0.315. The van der Waals surface area contributed by atoms with E-state index in [4.69, 9.17) is 14.8 Å². The lowest BCUT2D eigenvalue weighted by atomic mass is 9.71. The number of hydrogen-bond donors (Lipinski definition) is 4. The Kier molecular flexibility index (Phi) is 5.02. The first-order chi connectivity index (χ1) is 7.97. The first kappa shape index (κ1) is 14.1. The molecule has 1 aromatic carbocycles. The third-order valence-corrected chi connectivity index (χ3v) is 2.35. The van der Waals surface area contributed by atoms with Gasteiger partial charge in [-0.3, -0.25) is 0 Å². The molecule has 17 heavy (non-hydrogen) atoms. The Bertz CT molecular complexity index is 381. The van der Waals surface area contributed by atoms with Crippen molar-refractivity contribution < 1.29 is 24.8 Å². The molecule has 0 spiro atoms. The molecule has 0 heterocycles. The van der Waals surface area contributed by atoms with Crippen LogP contribution in [0.4, 0.5) is 0 Å². The Balaban J connectivity index is 3.18. The van der Waals surface area contributed by atoms with E-state index in [0.717, 1.165) is 6.42 Å². The minimum Gasteiger partial charge on any atom is -0.494 e. The summed E-state index contributed by atoms with van der Waals surface area (Å²) < 4.78 is 5.43. The molecule has 4 N–H and O–H groups in total. The van der Waals surface area contributed by atoms with Crippen molar-refractivity contribution in [3.05, 3.63) is 17.7 Å². The molecule has 0 atom stereocenters. The quantitative estimate of drug-likeness (QED) is 0.452. The zero-order valence-corrected chi connectivity index (χ0v) is 9.92. The molecule has 1 aromatic rings. The number of aryl methyl sites for hydroxylation is 1. The van der Waals surface area contributed by atoms with E-state index < -0.39 is 14.2 Å². The minimum atomic E-state index is -1.71. The van der Waals surface area contributed by atoms with E-state index in [1.165, 1.54) is 6.07 Å². The molecule has 0 amide bonds. The third kappa shape index (κ3) is 3.47. The average molecular weight is 238 g/mol. The van der Waals surface area contributed by atoms with Crippen LogP contribution in [0.3, 0.4) is 0 Å². The van der Waals surface area contributed by atoms with E-state index in [1.807, 2.05) is 6.92 Å². The zero-order valence-electron chi connectivity index (χ0n) is 9.92. The van der Waals surface area contributed by atoms with Crippen LogP contribution in [0.1, 0.15) is 18.9 Å². The van der Waals surface area contributed by atoms with E-state index in [0.29, 0.717) is 17.9 Å². The van der Waals surface area contributed by atoms with Crippen LogP contribution in [-0.4, -0.2) is 40.9 Å². The van der Waals surface area contributed by atoms with Gasteiger partial charge in [-0.05, 0) is 24.4 Å². The Morgan fingerprint density at radius 3 is 2.24 bits per heavy atom. The molecule has 0 unspecified atom stereocenters. The van der Waals surface area contributed by atoms with Crippen molar-refractivity contribution in [1.82, 2.24) is 0 Å². The molecule has 0 saturated carbocycles. The van der Waals surface area contributed by atoms with Crippen molar-refractivity contribution in [2.75, 3.05) is 6.61 Å². The van der Waals surface area contributed by atoms with Crippen molar-refractivity contribution in [3.8, 4) is 5.75 Å². The molecule has 0 aliphatic heterocycles. The van der Waals surface area contributed by atoms with Crippen molar-refractivity contribution >= 4 is 25.2 Å². The number of benzene rings is 1. The number of ether oxygens (including phenoxy) is 1. The van der Waals surface area contributed by atoms with E-state index in [2.05, 4.69) is 0 Å². The van der Waals surface area contributed by atoms with Crippen LogP contribution in [0.15, 0.2) is 12.1 Å². The Labute approximate surface area is 101 Å². The van der Waals surface area contributed by atoms with E-state index in [-0.39, 0.29) is 10.9 Å². The van der Waals surface area contributed by atoms with E-state index in [9.17, 15) is 10.0 Å². The fourth-order valence-corrected chi connectivity index (χ4v) is 1.57. The minimum absolute atomic E-state index is 0.140. The fourth-order valence-electron chi connectivity index (χ4n) is 1.57. The maximum atomic E-state index is 9.25. The van der Waals surface area contributed by atoms with Crippen LogP contribution in [0.25, 0.3) is 0 Å². The van der Waals surface area contributed by atoms with E-state index in [1.54, 1.807) is 13.0 Å². The molecule has 0 aliphatic rings. The first-order valence-electron chi connectivity index (χ1n) is 5.46. The molecule has 0 aromatic heterocycles. The highest BCUT2D eigenvalue weighted by molar-refractivity contribution is 6.63. The second-order valence-corrected chi connectivity index (χ2v) is 3.85. The van der Waals surface area contributed by atoms with Gasteiger partial charge in [-0.2, -0.15) is 0 Å². The van der Waals surface area contributed by atoms with Gasteiger partial charge in [0.2, 0.25) is 0 Å². The van der Waals surface area contributed by atoms with Crippen LogP contribution < -0.4 is 15.7 Å². The van der Waals surface area contributed by atoms with Gasteiger partial charge in [0.25, 0.3) is 0 Å². The average Bonchev–Trinajstić information content (AvgIpc) is 2.26. The lowest BCUT2D eigenvalue weighted by Gasteiger charge is -2.15. The van der Waals surface area contributed by atoms with Gasteiger partial charge < -0.3 is 24.8 Å². The zero-order chi connectivity index (χ0) is 13.0. The summed E-state index contributed by atoms with van der Waals surface area (Å²) in [6, 6.07) is 2.86. The summed E-state index contributed by atoms with van der Waals surface area (Å²) in [5, 5.41) is 36.6. The largest absolute Gasteiger partial charge is 0.494 e. The molecule has 0 aliphatic carbocycles. The topological polar surface area (TPSA) is 90.2 Å². The SMILES string of the molecule is CCCOc1c(C)cc(B(O)O)cc1B(O)O. The van der Waals surface area contributed by atoms with Crippen LogP contribution in [-0.2, 0) is 0 Å². The number of hydrogen-bond acceptors (Lipinski definition) is 5. The Morgan fingerprint density at radius 1 is 1.12 bits per heavy atom. The predicted octanol–water partition coefficient (Wildman–Crippen LogP) is -1.86. The second-order valence-electron chi connectivity index (χ2n) is 3.85. The molecular formula is C10H16B2O5. The lowest BCUT2D eigenvalue weighted by Crippen LogP contribution is -2.39. The maximum Gasteiger partial charge on any atom is 0.492 e. The summed E-state index contributed by atoms with van der Waals surface area (Å²) in [7, 11) is -3.36. The molecule has 5 nitrogen and oxygen atoms in total. The van der Waals surface area contributed by atoms with Gasteiger partial charge in [-0.25, -0.2) is 0 Å². The molecular weight excluding hydrogens is 222 g/mol. The van der Waals surface area contributed by atoms with Crippen LogP contribution in [0.5, 0.6) is 5.75 Å². The molecule has 0 fully saturated rings. The fraction of sp³-hybridized carbons (Fsp3) is 0.400. The third-order valence-electron chi connectivity index (χ3n) is 2.35. The smallest absolute Gasteiger partial charge is 0.492 e. The highest BCUT2D eigenvalue weighted by atomic mass is 16.5. The van der Waals surface area contributed by atoms with Crippen molar-refractivity contribution in [1.29, 1.82) is 0 Å². The van der Waals surface area contributed by atoms with Gasteiger partial charge in [-0.1, -0.05) is 19.1 Å². The normalized spacial score (nSPS) is 10.2. The summed E-state index contributed by atoms with van der Waals surface area (Å²) in [4.78, 5) is 0. The van der Waals surface area contributed by atoms with Gasteiger partial charge in [-0.15, -0.1) is 0 Å². The molecule has 1 rings (SSSR count). The van der Waals surface area contributed by atoms with E-state index >= 15 is 0 Å². The molecule has 0 radical (unpaired) electrons. The van der Waals surface area contributed by atoms with Crippen LogP contribution >= 0.6 is 0 Å². The van der Waals surface area contributed by atoms with Crippen molar-refractivity contribution in [3.63, 3.8) is 0 Å². The highest BCUT2D eigenvalue weighted by Crippen LogP contribution is 2.14. The van der Waals surface area contributed by atoms with Crippen LogP contribution in [0.2, 0.25) is 0 Å². The van der Waals surface area contributed by atoms with Gasteiger partial charge in [0, 0.05) is 5.46 Å². The predicted molar refractivity (Wildman–Crippen MR) is 66.6 cm³/mol. The van der Waals surface area contributed by atoms with Gasteiger partial charge in [0.1, 0.15) is 5.75 Å². The van der Waals surface area contributed by atoms with Gasteiger partial charge >= 0.3 is 14.2 Å². The van der Waals surface area contributed by atoms with Gasteiger partial charge in [0.05, 0.1) is 6.61 Å². The molecule has 0 bridgehead atoms. The molecule has 0 saturated heterocycles. The highest BCUT2D eigenvalue weighted by Gasteiger charge is 2.23. The summed E-state index contributed by atoms with van der Waals surface area (Å²) in [6.07, 6.45) is 0.796. The van der Waals surface area contributed by atoms with Crippen molar-refractivity contribution in [2.24, 2.45) is 0 Å². The van der Waals surface area contributed by atoms with Crippen molar-refractivity contribution in [2.45, 2.75) is 20.3 Å². The summed E-state index contributed by atoms with van der Waals surface area (Å²) in [6.45, 7) is 4.11. The first-order valence-corrected chi connectivity index (χ1v) is 5.46. The standard InChI is InChI=1S/C10H16B2O5/c1-3-4-17-10-7(2)5-8(11(13)14)6-9(10)12(15)16/h5-6,13-16H,3-4H2,1-2H3.